The van der Waals surface area contributed by atoms with Gasteiger partial charge in [0.15, 0.2) is 0 Å². The Hall–Kier alpha value is -3.88. The van der Waals surface area contributed by atoms with Gasteiger partial charge in [-0.25, -0.2) is 9.59 Å². The molecule has 0 saturated carbocycles. The van der Waals surface area contributed by atoms with Gasteiger partial charge in [-0.3, -0.25) is 4.90 Å². The lowest BCUT2D eigenvalue weighted by Crippen LogP contribution is -2.48. The fourth-order valence-electron chi connectivity index (χ4n) is 6.60. The van der Waals surface area contributed by atoms with Gasteiger partial charge in [-0.2, -0.15) is 0 Å². The van der Waals surface area contributed by atoms with Crippen LogP contribution >= 0.6 is 0 Å². The van der Waals surface area contributed by atoms with Gasteiger partial charge in [-0.05, 0) is 85.7 Å². The van der Waals surface area contributed by atoms with Crippen LogP contribution in [0.1, 0.15) is 58.8 Å². The van der Waals surface area contributed by atoms with Gasteiger partial charge >= 0.3 is 12.0 Å². The summed E-state index contributed by atoms with van der Waals surface area (Å²) in [5.41, 5.74) is 3.87. The number of piperidine rings is 1. The highest BCUT2D eigenvalue weighted by atomic mass is 16.5. The van der Waals surface area contributed by atoms with Crippen molar-refractivity contribution >= 4 is 12.0 Å². The molecule has 0 spiro atoms. The SMILES string of the molecule is Cc1cc(Oc2ccc(C(=O)O)cc2)ccc1CN1CCC(N2C(=O)N(C3CCOCC3)CC2c2ccccc2)CC1. The van der Waals surface area contributed by atoms with Gasteiger partial charge in [0.25, 0.3) is 0 Å². The summed E-state index contributed by atoms with van der Waals surface area (Å²) in [5, 5.41) is 9.10. The number of aryl methyl sites for hydroxylation is 1. The normalized spacial score (nSPS) is 20.7. The maximum atomic E-state index is 13.9. The molecule has 3 saturated heterocycles. The van der Waals surface area contributed by atoms with Crippen LogP contribution in [0.2, 0.25) is 0 Å². The number of rotatable bonds is 8. The number of carboxylic acid groups (broad SMARTS) is 1. The van der Waals surface area contributed by atoms with Crippen LogP contribution in [0.3, 0.4) is 0 Å². The van der Waals surface area contributed by atoms with Gasteiger partial charge in [0.1, 0.15) is 11.5 Å². The number of hydrogen-bond acceptors (Lipinski definition) is 5. The average molecular weight is 570 g/mol. The first kappa shape index (κ1) is 28.2. The Labute approximate surface area is 247 Å². The number of carboxylic acids is 1. The number of hydrogen-bond donors (Lipinski definition) is 1. The standard InChI is InChI=1S/C34H39N3O5/c1-24-21-31(42-30-10-7-26(8-11-30)33(38)39)12-9-27(24)22-35-17-13-29(14-18-35)37-32(25-5-3-2-4-6-25)23-36(34(37)40)28-15-19-41-20-16-28/h2-12,21,28-29,32H,13-20,22-23H2,1H3,(H,38,39). The summed E-state index contributed by atoms with van der Waals surface area (Å²) in [6, 6.07) is 23.8. The molecule has 6 rings (SSSR count). The monoisotopic (exact) mass is 569 g/mol. The summed E-state index contributed by atoms with van der Waals surface area (Å²) in [6.45, 7) is 7.06. The van der Waals surface area contributed by atoms with E-state index in [1.165, 1.54) is 11.1 Å². The van der Waals surface area contributed by atoms with Crippen LogP contribution in [0.15, 0.2) is 72.8 Å². The van der Waals surface area contributed by atoms with E-state index in [0.29, 0.717) is 5.75 Å². The summed E-state index contributed by atoms with van der Waals surface area (Å²) < 4.78 is 11.5. The lowest BCUT2D eigenvalue weighted by molar-refractivity contribution is 0.0493. The number of benzene rings is 3. The Kier molecular flexibility index (Phi) is 8.44. The first-order valence-corrected chi connectivity index (χ1v) is 15.0. The Morgan fingerprint density at radius 3 is 2.26 bits per heavy atom. The van der Waals surface area contributed by atoms with Gasteiger partial charge in [0.2, 0.25) is 0 Å². The van der Waals surface area contributed by atoms with Crippen LogP contribution in [-0.2, 0) is 11.3 Å². The zero-order valence-electron chi connectivity index (χ0n) is 24.2. The molecule has 8 nitrogen and oxygen atoms in total. The summed E-state index contributed by atoms with van der Waals surface area (Å²) >= 11 is 0. The van der Waals surface area contributed by atoms with E-state index in [1.54, 1.807) is 24.3 Å². The van der Waals surface area contributed by atoms with Gasteiger partial charge in [-0.15, -0.1) is 0 Å². The first-order valence-electron chi connectivity index (χ1n) is 15.0. The largest absolute Gasteiger partial charge is 0.478 e. The van der Waals surface area contributed by atoms with Crippen LogP contribution < -0.4 is 4.74 Å². The van der Waals surface area contributed by atoms with Gasteiger partial charge < -0.3 is 24.4 Å². The molecule has 8 heteroatoms. The van der Waals surface area contributed by atoms with E-state index in [-0.39, 0.29) is 29.7 Å². The summed E-state index contributed by atoms with van der Waals surface area (Å²) in [7, 11) is 0. The maximum absolute atomic E-state index is 13.9. The Morgan fingerprint density at radius 2 is 1.60 bits per heavy atom. The Balaban J connectivity index is 1.08. The van der Waals surface area contributed by atoms with Crippen LogP contribution in [0.4, 0.5) is 4.79 Å². The van der Waals surface area contributed by atoms with Crippen molar-refractivity contribution in [2.24, 2.45) is 0 Å². The zero-order valence-corrected chi connectivity index (χ0v) is 24.2. The highest BCUT2D eigenvalue weighted by Crippen LogP contribution is 2.37. The quantitative estimate of drug-likeness (QED) is 0.353. The van der Waals surface area contributed by atoms with Crippen molar-refractivity contribution in [2.75, 3.05) is 32.8 Å². The number of amides is 2. The summed E-state index contributed by atoms with van der Waals surface area (Å²) in [6.07, 6.45) is 3.76. The van der Waals surface area contributed by atoms with E-state index in [0.717, 1.165) is 76.4 Å². The topological polar surface area (TPSA) is 82.6 Å². The van der Waals surface area contributed by atoms with E-state index < -0.39 is 5.97 Å². The van der Waals surface area contributed by atoms with Gasteiger partial charge in [0.05, 0.1) is 11.6 Å². The van der Waals surface area contributed by atoms with E-state index in [4.69, 9.17) is 14.6 Å². The molecule has 0 radical (unpaired) electrons. The highest BCUT2D eigenvalue weighted by molar-refractivity contribution is 5.87. The molecule has 0 aliphatic carbocycles. The van der Waals surface area contributed by atoms with Crippen LogP contribution in [0, 0.1) is 6.92 Å². The molecule has 1 unspecified atom stereocenters. The zero-order chi connectivity index (χ0) is 29.1. The fraction of sp³-hybridized carbons (Fsp3) is 0.412. The van der Waals surface area contributed by atoms with E-state index in [9.17, 15) is 9.59 Å². The number of nitrogens with zero attached hydrogens (tertiary/aromatic N) is 3. The molecule has 0 bridgehead atoms. The average Bonchev–Trinajstić information content (AvgIpc) is 3.37. The third kappa shape index (κ3) is 6.15. The van der Waals surface area contributed by atoms with Crippen LogP contribution in [-0.4, -0.2) is 76.7 Å². The van der Waals surface area contributed by atoms with E-state index >= 15 is 0 Å². The van der Waals surface area contributed by atoms with Crippen molar-refractivity contribution in [3.8, 4) is 11.5 Å². The molecule has 3 aromatic carbocycles. The maximum Gasteiger partial charge on any atom is 0.335 e. The van der Waals surface area contributed by atoms with Crippen molar-refractivity contribution in [1.82, 2.24) is 14.7 Å². The number of aromatic carboxylic acids is 1. The number of ether oxygens (including phenoxy) is 2. The number of carbonyl (C=O) groups excluding carboxylic acids is 1. The van der Waals surface area contributed by atoms with Crippen molar-refractivity contribution in [3.05, 3.63) is 95.1 Å². The molecule has 3 fully saturated rings. The van der Waals surface area contributed by atoms with E-state index in [2.05, 4.69) is 52.0 Å². The Morgan fingerprint density at radius 1 is 0.905 bits per heavy atom. The lowest BCUT2D eigenvalue weighted by Gasteiger charge is -2.39. The van der Waals surface area contributed by atoms with Gasteiger partial charge in [-0.1, -0.05) is 36.4 Å². The van der Waals surface area contributed by atoms with Crippen LogP contribution in [0.25, 0.3) is 0 Å². The molecule has 42 heavy (non-hydrogen) atoms. The number of carbonyl (C=O) groups is 2. The molecular weight excluding hydrogens is 530 g/mol. The smallest absolute Gasteiger partial charge is 0.335 e. The molecule has 1 atom stereocenters. The molecule has 3 aromatic rings. The van der Waals surface area contributed by atoms with Crippen molar-refractivity contribution in [3.63, 3.8) is 0 Å². The second kappa shape index (κ2) is 12.5. The molecule has 0 aromatic heterocycles. The summed E-state index contributed by atoms with van der Waals surface area (Å²) in [5.74, 6) is 0.382. The first-order chi connectivity index (χ1) is 20.5. The Bertz CT molecular complexity index is 1380. The van der Waals surface area contributed by atoms with Crippen molar-refractivity contribution in [1.29, 1.82) is 0 Å². The molecule has 1 N–H and O–H groups in total. The third-order valence-corrected chi connectivity index (χ3v) is 8.98. The number of likely N-dealkylation sites (tertiary alicyclic amines) is 1. The molecule has 3 heterocycles. The molecule has 2 amide bonds. The lowest BCUT2D eigenvalue weighted by atomic mass is 9.98. The molecule has 3 aliphatic rings. The predicted molar refractivity (Wildman–Crippen MR) is 160 cm³/mol. The minimum atomic E-state index is -0.953. The second-order valence-corrected chi connectivity index (χ2v) is 11.6. The second-order valence-electron chi connectivity index (χ2n) is 11.6. The van der Waals surface area contributed by atoms with Crippen molar-refractivity contribution < 1.29 is 24.2 Å². The fourth-order valence-corrected chi connectivity index (χ4v) is 6.60. The highest BCUT2D eigenvalue weighted by Gasteiger charge is 2.45. The molecular formula is C34H39N3O5. The van der Waals surface area contributed by atoms with Gasteiger partial charge in [0, 0.05) is 51.5 Å². The molecule has 3 aliphatic heterocycles. The minimum Gasteiger partial charge on any atom is -0.478 e. The van der Waals surface area contributed by atoms with Crippen molar-refractivity contribution in [2.45, 2.75) is 57.3 Å². The third-order valence-electron chi connectivity index (χ3n) is 8.98. The number of urea groups is 1. The molecule has 220 valence electrons. The van der Waals surface area contributed by atoms with Crippen LogP contribution in [0.5, 0.6) is 11.5 Å². The minimum absolute atomic E-state index is 0.0909. The van der Waals surface area contributed by atoms with E-state index in [1.807, 2.05) is 18.2 Å². The summed E-state index contributed by atoms with van der Waals surface area (Å²) in [4.78, 5) is 31.8. The predicted octanol–water partition coefficient (Wildman–Crippen LogP) is 6.11.